The van der Waals surface area contributed by atoms with E-state index >= 15 is 0 Å². The van der Waals surface area contributed by atoms with E-state index in [9.17, 15) is 4.79 Å². The smallest absolute Gasteiger partial charge is 0.309 e. The largest absolute Gasteiger partial charge is 0.481 e. The molecule has 6 nitrogen and oxygen atoms in total. The van der Waals surface area contributed by atoms with Crippen LogP contribution in [0.3, 0.4) is 0 Å². The number of carboxylic acid groups (broad SMARTS) is 1. The van der Waals surface area contributed by atoms with Crippen molar-refractivity contribution in [3.05, 3.63) is 49.1 Å². The molecule has 0 saturated carbocycles. The Bertz CT molecular complexity index is 787. The Morgan fingerprint density at radius 3 is 2.71 bits per heavy atom. The van der Waals surface area contributed by atoms with Crippen molar-refractivity contribution in [1.29, 1.82) is 0 Å². The molecule has 3 rings (SSSR count). The number of aliphatic carboxylic acids is 1. The molecule has 0 aliphatic rings. The van der Waals surface area contributed by atoms with E-state index in [0.717, 1.165) is 16.6 Å². The van der Waals surface area contributed by atoms with Gasteiger partial charge in [0.05, 0.1) is 11.7 Å². The van der Waals surface area contributed by atoms with Crippen LogP contribution in [0.15, 0.2) is 49.1 Å². The van der Waals surface area contributed by atoms with Crippen molar-refractivity contribution in [2.45, 2.75) is 13.0 Å². The zero-order chi connectivity index (χ0) is 14.7. The van der Waals surface area contributed by atoms with Crippen LogP contribution >= 0.6 is 0 Å². The standard InChI is InChI=1S/C15H12N4O2/c20-14(21)5-9-19-7-3-11(4-8-19)15-17-10-13-12(18-15)2-1-6-16-13/h1-4,6-8,10H,5,9H2/p+1. The Labute approximate surface area is 120 Å². The van der Waals surface area contributed by atoms with E-state index in [-0.39, 0.29) is 6.42 Å². The van der Waals surface area contributed by atoms with Gasteiger partial charge < -0.3 is 5.11 Å². The van der Waals surface area contributed by atoms with Crippen molar-refractivity contribution >= 4 is 17.0 Å². The summed E-state index contributed by atoms with van der Waals surface area (Å²) in [6, 6.07) is 7.48. The molecule has 0 atom stereocenters. The highest BCUT2D eigenvalue weighted by Gasteiger charge is 2.08. The minimum absolute atomic E-state index is 0.0994. The Morgan fingerprint density at radius 1 is 1.14 bits per heavy atom. The summed E-state index contributed by atoms with van der Waals surface area (Å²) in [5.74, 6) is -0.183. The number of nitrogens with zero attached hydrogens (tertiary/aromatic N) is 4. The molecule has 3 aromatic rings. The fraction of sp³-hybridized carbons (Fsp3) is 0.133. The summed E-state index contributed by atoms with van der Waals surface area (Å²) in [6.45, 7) is 0.443. The van der Waals surface area contributed by atoms with Gasteiger partial charge in [-0.15, -0.1) is 0 Å². The van der Waals surface area contributed by atoms with Crippen LogP contribution in [0.1, 0.15) is 6.42 Å². The number of aryl methyl sites for hydroxylation is 1. The average molecular weight is 281 g/mol. The van der Waals surface area contributed by atoms with Crippen molar-refractivity contribution in [2.24, 2.45) is 0 Å². The highest BCUT2D eigenvalue weighted by Crippen LogP contribution is 2.15. The van der Waals surface area contributed by atoms with Gasteiger partial charge in [-0.2, -0.15) is 0 Å². The molecule has 1 N–H and O–H groups in total. The predicted octanol–water partition coefficient (Wildman–Crippen LogP) is 1.45. The number of hydrogen-bond acceptors (Lipinski definition) is 4. The molecule has 0 saturated heterocycles. The van der Waals surface area contributed by atoms with Gasteiger partial charge in [0.25, 0.3) is 0 Å². The topological polar surface area (TPSA) is 79.9 Å². The van der Waals surface area contributed by atoms with Crippen molar-refractivity contribution in [3.63, 3.8) is 0 Å². The maximum absolute atomic E-state index is 10.5. The number of carboxylic acids is 1. The van der Waals surface area contributed by atoms with Crippen molar-refractivity contribution in [2.75, 3.05) is 0 Å². The third-order valence-electron chi connectivity index (χ3n) is 3.08. The molecule has 0 bridgehead atoms. The van der Waals surface area contributed by atoms with Gasteiger partial charge in [-0.3, -0.25) is 9.78 Å². The molecule has 3 aromatic heterocycles. The summed E-state index contributed by atoms with van der Waals surface area (Å²) in [5.41, 5.74) is 2.44. The van der Waals surface area contributed by atoms with Crippen LogP contribution in [0.25, 0.3) is 22.4 Å². The highest BCUT2D eigenvalue weighted by molar-refractivity contribution is 5.75. The van der Waals surface area contributed by atoms with Crippen LogP contribution in [0.4, 0.5) is 0 Å². The van der Waals surface area contributed by atoms with Gasteiger partial charge in [-0.25, -0.2) is 14.5 Å². The van der Waals surface area contributed by atoms with Gasteiger partial charge in [0.15, 0.2) is 24.8 Å². The highest BCUT2D eigenvalue weighted by atomic mass is 16.4. The molecule has 0 unspecified atom stereocenters. The SMILES string of the molecule is O=C(O)CC[n+]1ccc(-c2ncc3ncccc3n2)cc1. The number of rotatable bonds is 4. The molecule has 21 heavy (non-hydrogen) atoms. The molecule has 0 amide bonds. The second-order valence-electron chi connectivity index (χ2n) is 4.57. The van der Waals surface area contributed by atoms with E-state index in [4.69, 9.17) is 5.11 Å². The molecule has 0 fully saturated rings. The summed E-state index contributed by atoms with van der Waals surface area (Å²) in [4.78, 5) is 23.5. The normalized spacial score (nSPS) is 10.7. The second kappa shape index (κ2) is 5.62. The molecule has 0 radical (unpaired) electrons. The van der Waals surface area contributed by atoms with Crippen molar-refractivity contribution < 1.29 is 14.5 Å². The van der Waals surface area contributed by atoms with Crippen LogP contribution in [-0.4, -0.2) is 26.0 Å². The summed E-state index contributed by atoms with van der Waals surface area (Å²) >= 11 is 0. The van der Waals surface area contributed by atoms with Gasteiger partial charge in [-0.1, -0.05) is 0 Å². The van der Waals surface area contributed by atoms with Gasteiger partial charge in [0, 0.05) is 23.9 Å². The molecule has 104 valence electrons. The van der Waals surface area contributed by atoms with Gasteiger partial charge in [0.2, 0.25) is 0 Å². The van der Waals surface area contributed by atoms with Crippen molar-refractivity contribution in [1.82, 2.24) is 15.0 Å². The molecule has 0 aliphatic carbocycles. The summed E-state index contributed by atoms with van der Waals surface area (Å²) < 4.78 is 1.82. The lowest BCUT2D eigenvalue weighted by Gasteiger charge is -2.01. The van der Waals surface area contributed by atoms with Crippen LogP contribution in [0, 0.1) is 0 Å². The van der Waals surface area contributed by atoms with Gasteiger partial charge in [-0.05, 0) is 12.1 Å². The zero-order valence-electron chi connectivity index (χ0n) is 11.2. The first-order valence-electron chi connectivity index (χ1n) is 6.51. The maximum atomic E-state index is 10.5. The number of aromatic nitrogens is 4. The monoisotopic (exact) mass is 281 g/mol. The second-order valence-corrected chi connectivity index (χ2v) is 4.57. The van der Waals surface area contributed by atoms with E-state index in [1.165, 1.54) is 0 Å². The molecular weight excluding hydrogens is 268 g/mol. The lowest BCUT2D eigenvalue weighted by molar-refractivity contribution is -0.695. The molecule has 3 heterocycles. The number of pyridine rings is 2. The Kier molecular flexibility index (Phi) is 3.51. The summed E-state index contributed by atoms with van der Waals surface area (Å²) in [5, 5.41) is 8.67. The molecule has 0 spiro atoms. The van der Waals surface area contributed by atoms with E-state index in [2.05, 4.69) is 15.0 Å². The van der Waals surface area contributed by atoms with Gasteiger partial charge >= 0.3 is 5.97 Å². The first-order chi connectivity index (χ1) is 10.2. The van der Waals surface area contributed by atoms with Crippen molar-refractivity contribution in [3.8, 4) is 11.4 Å². The Morgan fingerprint density at radius 2 is 1.95 bits per heavy atom. The third-order valence-corrected chi connectivity index (χ3v) is 3.08. The minimum atomic E-state index is -0.808. The lowest BCUT2D eigenvalue weighted by atomic mass is 10.2. The Hall–Kier alpha value is -2.89. The van der Waals surface area contributed by atoms with Crippen LogP contribution < -0.4 is 4.57 Å². The third kappa shape index (κ3) is 3.00. The molecule has 6 heteroatoms. The molecule has 0 aliphatic heterocycles. The van der Waals surface area contributed by atoms with E-state index in [1.807, 2.05) is 41.2 Å². The fourth-order valence-corrected chi connectivity index (χ4v) is 1.99. The average Bonchev–Trinajstić information content (AvgIpc) is 2.53. The number of hydrogen-bond donors (Lipinski definition) is 1. The molecular formula is C15H13N4O2+. The Balaban J connectivity index is 1.86. The van der Waals surface area contributed by atoms with Gasteiger partial charge in [0.1, 0.15) is 11.9 Å². The maximum Gasteiger partial charge on any atom is 0.309 e. The first kappa shape index (κ1) is 13.1. The van der Waals surface area contributed by atoms with E-state index in [0.29, 0.717) is 12.4 Å². The first-order valence-corrected chi connectivity index (χ1v) is 6.51. The van der Waals surface area contributed by atoms with E-state index in [1.54, 1.807) is 12.4 Å². The number of carbonyl (C=O) groups is 1. The van der Waals surface area contributed by atoms with E-state index < -0.39 is 5.97 Å². The van der Waals surface area contributed by atoms with Crippen LogP contribution in [0.5, 0.6) is 0 Å². The summed E-state index contributed by atoms with van der Waals surface area (Å²) in [6.07, 6.45) is 7.16. The predicted molar refractivity (Wildman–Crippen MR) is 75.2 cm³/mol. The fourth-order valence-electron chi connectivity index (χ4n) is 1.99. The van der Waals surface area contributed by atoms with Crippen LogP contribution in [-0.2, 0) is 11.3 Å². The summed E-state index contributed by atoms with van der Waals surface area (Å²) in [7, 11) is 0. The minimum Gasteiger partial charge on any atom is -0.481 e. The number of fused-ring (bicyclic) bond motifs is 1. The lowest BCUT2D eigenvalue weighted by Crippen LogP contribution is -2.33. The van der Waals surface area contributed by atoms with Crippen LogP contribution in [0.2, 0.25) is 0 Å². The quantitative estimate of drug-likeness (QED) is 0.732. The molecule has 0 aromatic carbocycles. The zero-order valence-corrected chi connectivity index (χ0v) is 11.2.